The number of piperidine rings is 1. The molecule has 0 aromatic heterocycles. The van der Waals surface area contributed by atoms with Crippen LogP contribution in [0.2, 0.25) is 0 Å². The van der Waals surface area contributed by atoms with Crippen LogP contribution in [0.25, 0.3) is 0 Å². The number of amides is 2. The minimum atomic E-state index is -0.215. The van der Waals surface area contributed by atoms with Crippen LogP contribution in [-0.2, 0) is 9.59 Å². The molecule has 3 rings (SSSR count). The molecule has 0 radical (unpaired) electrons. The Labute approximate surface area is 149 Å². The largest absolute Gasteiger partial charge is 0.372 e. The van der Waals surface area contributed by atoms with Crippen molar-refractivity contribution in [3.05, 3.63) is 36.9 Å². The number of nitrogens with one attached hydrogen (secondary N) is 2. The van der Waals surface area contributed by atoms with E-state index >= 15 is 0 Å². The van der Waals surface area contributed by atoms with Crippen molar-refractivity contribution in [3.8, 4) is 0 Å². The van der Waals surface area contributed by atoms with Crippen LogP contribution in [0.1, 0.15) is 26.2 Å². The van der Waals surface area contributed by atoms with Gasteiger partial charge in [0, 0.05) is 31.0 Å². The minimum absolute atomic E-state index is 0.0604. The summed E-state index contributed by atoms with van der Waals surface area (Å²) in [5.74, 6) is 0.264. The van der Waals surface area contributed by atoms with Crippen LogP contribution in [0.15, 0.2) is 36.9 Å². The predicted molar refractivity (Wildman–Crippen MR) is 100 cm³/mol. The van der Waals surface area contributed by atoms with E-state index in [1.165, 1.54) is 18.5 Å². The van der Waals surface area contributed by atoms with Gasteiger partial charge in [0.05, 0.1) is 11.8 Å². The number of anilines is 2. The maximum atomic E-state index is 12.3. The van der Waals surface area contributed by atoms with Crippen molar-refractivity contribution in [2.45, 2.75) is 26.2 Å². The molecule has 5 heteroatoms. The zero-order chi connectivity index (χ0) is 17.8. The summed E-state index contributed by atoms with van der Waals surface area (Å²) in [6.07, 6.45) is 4.73. The molecule has 1 aromatic rings. The third-order valence-electron chi connectivity index (χ3n) is 5.17. The Morgan fingerprint density at radius 2 is 1.80 bits per heavy atom. The summed E-state index contributed by atoms with van der Waals surface area (Å²) < 4.78 is 0. The van der Waals surface area contributed by atoms with E-state index in [1.54, 1.807) is 6.08 Å². The molecule has 1 saturated carbocycles. The van der Waals surface area contributed by atoms with Crippen LogP contribution in [0.5, 0.6) is 0 Å². The van der Waals surface area contributed by atoms with E-state index in [9.17, 15) is 9.59 Å². The first kappa shape index (κ1) is 17.5. The van der Waals surface area contributed by atoms with Gasteiger partial charge in [-0.3, -0.25) is 9.59 Å². The van der Waals surface area contributed by atoms with E-state index in [0.717, 1.165) is 24.7 Å². The van der Waals surface area contributed by atoms with Gasteiger partial charge in [-0.2, -0.15) is 0 Å². The van der Waals surface area contributed by atoms with Crippen molar-refractivity contribution in [2.24, 2.45) is 17.8 Å². The smallest absolute Gasteiger partial charge is 0.228 e. The Morgan fingerprint density at radius 3 is 2.44 bits per heavy atom. The fraction of sp³-hybridized carbons (Fsp3) is 0.500. The van der Waals surface area contributed by atoms with Crippen molar-refractivity contribution in [2.75, 3.05) is 29.9 Å². The summed E-state index contributed by atoms with van der Waals surface area (Å²) in [5.41, 5.74) is 1.99. The molecular weight excluding hydrogens is 314 g/mol. The summed E-state index contributed by atoms with van der Waals surface area (Å²) in [7, 11) is 0. The average Bonchev–Trinajstić information content (AvgIpc) is 3.42. The van der Waals surface area contributed by atoms with Crippen LogP contribution in [0, 0.1) is 17.8 Å². The molecule has 2 aliphatic rings. The number of hydrogen-bond acceptors (Lipinski definition) is 3. The lowest BCUT2D eigenvalue weighted by Gasteiger charge is -2.32. The third-order valence-corrected chi connectivity index (χ3v) is 5.17. The fourth-order valence-corrected chi connectivity index (χ4v) is 3.34. The van der Waals surface area contributed by atoms with E-state index in [4.69, 9.17) is 0 Å². The lowest BCUT2D eigenvalue weighted by molar-refractivity contribution is -0.125. The monoisotopic (exact) mass is 341 g/mol. The number of carbonyl (C=O) groups is 2. The van der Waals surface area contributed by atoms with Gasteiger partial charge in [0.15, 0.2) is 0 Å². The minimum Gasteiger partial charge on any atom is -0.372 e. The van der Waals surface area contributed by atoms with Crippen molar-refractivity contribution >= 4 is 23.2 Å². The van der Waals surface area contributed by atoms with E-state index in [2.05, 4.69) is 41.2 Å². The fourth-order valence-electron chi connectivity index (χ4n) is 3.34. The highest BCUT2D eigenvalue weighted by Gasteiger charge is 2.47. The van der Waals surface area contributed by atoms with Gasteiger partial charge in [0.2, 0.25) is 11.8 Å². The molecule has 2 atom stereocenters. The lowest BCUT2D eigenvalue weighted by atomic mass is 9.99. The Balaban J connectivity index is 1.49. The molecule has 1 heterocycles. The molecular formula is C20H27N3O2. The van der Waals surface area contributed by atoms with Crippen LogP contribution in [0.4, 0.5) is 11.4 Å². The second kappa shape index (κ2) is 7.72. The molecule has 1 saturated heterocycles. The Morgan fingerprint density at radius 1 is 1.16 bits per heavy atom. The molecule has 2 unspecified atom stereocenters. The number of carbonyl (C=O) groups excluding carboxylic acids is 2. The number of nitrogens with zero attached hydrogens (tertiary/aromatic N) is 1. The van der Waals surface area contributed by atoms with Crippen molar-refractivity contribution in [1.82, 2.24) is 5.32 Å². The molecule has 2 N–H and O–H groups in total. The zero-order valence-corrected chi connectivity index (χ0v) is 14.8. The van der Waals surface area contributed by atoms with E-state index in [-0.39, 0.29) is 23.7 Å². The van der Waals surface area contributed by atoms with E-state index in [0.29, 0.717) is 13.0 Å². The lowest BCUT2D eigenvalue weighted by Crippen LogP contribution is -2.32. The Bertz CT molecular complexity index is 633. The molecule has 1 aliphatic carbocycles. The molecule has 1 aliphatic heterocycles. The molecule has 2 amide bonds. The molecule has 0 bridgehead atoms. The first-order valence-corrected chi connectivity index (χ1v) is 9.13. The number of hydrogen-bond donors (Lipinski definition) is 2. The van der Waals surface area contributed by atoms with Gasteiger partial charge in [0.25, 0.3) is 0 Å². The Hall–Kier alpha value is -2.30. The zero-order valence-electron chi connectivity index (χ0n) is 14.8. The Kier molecular flexibility index (Phi) is 5.41. The number of benzene rings is 1. The van der Waals surface area contributed by atoms with Gasteiger partial charge in [-0.1, -0.05) is 13.0 Å². The summed E-state index contributed by atoms with van der Waals surface area (Å²) >= 11 is 0. The topological polar surface area (TPSA) is 61.4 Å². The van der Waals surface area contributed by atoms with E-state index < -0.39 is 0 Å². The second-order valence-electron chi connectivity index (χ2n) is 7.19. The summed E-state index contributed by atoms with van der Waals surface area (Å²) in [5, 5.41) is 5.67. The highest BCUT2D eigenvalue weighted by molar-refractivity contribution is 5.99. The molecule has 2 fully saturated rings. The molecule has 1 aromatic carbocycles. The quantitative estimate of drug-likeness (QED) is 0.782. The van der Waals surface area contributed by atoms with Gasteiger partial charge in [0.1, 0.15) is 0 Å². The van der Waals surface area contributed by atoms with Crippen LogP contribution in [0.3, 0.4) is 0 Å². The van der Waals surface area contributed by atoms with Gasteiger partial charge in [-0.25, -0.2) is 0 Å². The molecule has 25 heavy (non-hydrogen) atoms. The van der Waals surface area contributed by atoms with Gasteiger partial charge in [-0.05, 0) is 49.4 Å². The van der Waals surface area contributed by atoms with E-state index in [1.807, 2.05) is 12.1 Å². The summed E-state index contributed by atoms with van der Waals surface area (Å²) in [6, 6.07) is 8.01. The molecule has 5 nitrogen and oxygen atoms in total. The number of rotatable bonds is 6. The SMILES string of the molecule is C=CCNC(=O)C1CC1C(=O)Nc1ccc(N2CCC(C)CC2)cc1. The predicted octanol–water partition coefficient (Wildman–Crippen LogP) is 2.80. The molecule has 0 spiro atoms. The average molecular weight is 341 g/mol. The normalized spacial score (nSPS) is 23.0. The van der Waals surface area contributed by atoms with Crippen molar-refractivity contribution in [3.63, 3.8) is 0 Å². The maximum absolute atomic E-state index is 12.3. The first-order chi connectivity index (χ1) is 12.1. The maximum Gasteiger partial charge on any atom is 0.228 e. The van der Waals surface area contributed by atoms with Crippen LogP contribution < -0.4 is 15.5 Å². The first-order valence-electron chi connectivity index (χ1n) is 9.13. The highest BCUT2D eigenvalue weighted by atomic mass is 16.2. The molecule has 134 valence electrons. The van der Waals surface area contributed by atoms with Crippen molar-refractivity contribution < 1.29 is 9.59 Å². The van der Waals surface area contributed by atoms with Gasteiger partial charge < -0.3 is 15.5 Å². The van der Waals surface area contributed by atoms with Gasteiger partial charge in [-0.15, -0.1) is 6.58 Å². The van der Waals surface area contributed by atoms with Crippen LogP contribution in [-0.4, -0.2) is 31.4 Å². The standard InChI is InChI=1S/C20H27N3O2/c1-3-10-21-19(24)17-13-18(17)20(25)22-15-4-6-16(7-5-15)23-11-8-14(2)9-12-23/h3-7,14,17-18H,1,8-13H2,2H3,(H,21,24)(H,22,25). The van der Waals surface area contributed by atoms with Gasteiger partial charge >= 0.3 is 0 Å². The third kappa shape index (κ3) is 4.41. The second-order valence-corrected chi connectivity index (χ2v) is 7.19. The highest BCUT2D eigenvalue weighted by Crippen LogP contribution is 2.39. The summed E-state index contributed by atoms with van der Waals surface area (Å²) in [4.78, 5) is 26.5. The summed E-state index contributed by atoms with van der Waals surface area (Å²) in [6.45, 7) is 8.51. The van der Waals surface area contributed by atoms with Crippen LogP contribution >= 0.6 is 0 Å². The van der Waals surface area contributed by atoms with Crippen molar-refractivity contribution in [1.29, 1.82) is 0 Å².